The maximum atomic E-state index is 3.40. The van der Waals surface area contributed by atoms with E-state index in [9.17, 15) is 0 Å². The Kier molecular flexibility index (Phi) is 19.8. The molecule has 0 amide bonds. The van der Waals surface area contributed by atoms with Gasteiger partial charge in [-0.25, -0.2) is 11.6 Å². The van der Waals surface area contributed by atoms with Crippen molar-refractivity contribution in [2.45, 2.75) is 33.1 Å². The van der Waals surface area contributed by atoms with Crippen LogP contribution in [0.2, 0.25) is 0 Å². The first kappa shape index (κ1) is 32.1. The molecule has 2 aliphatic rings. The Morgan fingerprint density at radius 2 is 1.64 bits per heavy atom. The molecule has 2 aromatic rings. The second-order valence-electron chi connectivity index (χ2n) is 5.79. The van der Waals surface area contributed by atoms with Crippen LogP contribution in [-0.2, 0) is 25.6 Å². The van der Waals surface area contributed by atoms with E-state index in [1.165, 1.54) is 34.2 Å². The van der Waals surface area contributed by atoms with Crippen molar-refractivity contribution in [1.82, 2.24) is 0 Å². The van der Waals surface area contributed by atoms with E-state index in [0.717, 1.165) is 12.8 Å². The van der Waals surface area contributed by atoms with Gasteiger partial charge >= 0.3 is 26.8 Å². The normalized spacial score (nSPS) is 13.8. The molecule has 0 N–H and O–H groups in total. The van der Waals surface area contributed by atoms with Gasteiger partial charge in [0.1, 0.15) is 0 Å². The summed E-state index contributed by atoms with van der Waals surface area (Å²) in [5, 5.41) is 0. The molecule has 0 aliphatic heterocycles. The first-order valence-corrected chi connectivity index (χ1v) is 12.6. The summed E-state index contributed by atoms with van der Waals surface area (Å²) in [6.07, 6.45) is 11.2. The average Bonchev–Trinajstić information content (AvgIpc) is 3.28. The Hall–Kier alpha value is -0.569. The van der Waals surface area contributed by atoms with Gasteiger partial charge in [0.2, 0.25) is 0 Å². The zero-order valence-electron chi connectivity index (χ0n) is 17.4. The van der Waals surface area contributed by atoms with Gasteiger partial charge in [-0.3, -0.25) is 6.08 Å². The summed E-state index contributed by atoms with van der Waals surface area (Å²) < 4.78 is 0. The molecule has 0 saturated carbocycles. The van der Waals surface area contributed by atoms with Gasteiger partial charge < -0.3 is 14.9 Å². The van der Waals surface area contributed by atoms with Gasteiger partial charge in [0.05, 0.1) is 0 Å². The smallest absolute Gasteiger partial charge is 0.0253 e. The van der Waals surface area contributed by atoms with Crippen LogP contribution in [0.15, 0.2) is 60.2 Å². The third-order valence-corrected chi connectivity index (χ3v) is 4.34. The van der Waals surface area contributed by atoms with Crippen LogP contribution in [0.1, 0.15) is 37.8 Å². The van der Waals surface area contributed by atoms with Crippen LogP contribution in [0.3, 0.4) is 0 Å². The van der Waals surface area contributed by atoms with Crippen molar-refractivity contribution < 1.29 is 19.2 Å². The summed E-state index contributed by atoms with van der Waals surface area (Å²) >= 11 is 2.03. The number of benzene rings is 2. The molecular formula is C24H32Cl2SiTi-4. The molecular weight excluding hydrogens is 435 g/mol. The SMILES string of the molecule is CCC1=[C-]C(CC)C=C1.Cl.Cl.[CH3-].[CH3-].[SiH2]=[Ti].[c-]1cccc2c1Cc1ccccc1-2. The van der Waals surface area contributed by atoms with E-state index in [2.05, 4.69) is 74.5 Å². The van der Waals surface area contributed by atoms with Crippen LogP contribution in [0, 0.1) is 32.9 Å². The molecule has 0 fully saturated rings. The minimum absolute atomic E-state index is 0. The van der Waals surface area contributed by atoms with Crippen molar-refractivity contribution in [3.05, 3.63) is 98.3 Å². The van der Waals surface area contributed by atoms with Crippen LogP contribution in [0.5, 0.6) is 0 Å². The predicted octanol–water partition coefficient (Wildman–Crippen LogP) is 6.61. The number of rotatable bonds is 2. The molecule has 0 bridgehead atoms. The van der Waals surface area contributed by atoms with E-state index >= 15 is 0 Å². The summed E-state index contributed by atoms with van der Waals surface area (Å²) in [6.45, 7) is 4.37. The Balaban J connectivity index is -0.000000378. The third kappa shape index (κ3) is 8.43. The molecule has 28 heavy (non-hydrogen) atoms. The zero-order valence-corrected chi connectivity index (χ0v) is 22.0. The summed E-state index contributed by atoms with van der Waals surface area (Å²) in [5.74, 6) is 0.611. The Morgan fingerprint density at radius 3 is 2.21 bits per heavy atom. The van der Waals surface area contributed by atoms with E-state index in [-0.39, 0.29) is 39.7 Å². The van der Waals surface area contributed by atoms with Crippen molar-refractivity contribution >= 4 is 32.4 Å². The number of fused-ring (bicyclic) bond motifs is 3. The standard InChI is InChI=1S/C13H9.C9H13.2CH3.2ClH.H2Si.Ti/c1-3-7-12-10(5-1)9-11-6-2-4-8-13(11)12;1-3-8-5-6-9(4-2)7-8;;;;;;/h1-5,7-8H,9H2;5-6,8H,3-4H2,1-2H3;2*1H3;2*1H;1H2;/q4*-1;;;;. The number of halogens is 2. The summed E-state index contributed by atoms with van der Waals surface area (Å²) in [7, 11) is 1.86. The second kappa shape index (κ2) is 17.3. The van der Waals surface area contributed by atoms with Crippen LogP contribution in [-0.4, -0.2) is 7.63 Å². The summed E-state index contributed by atoms with van der Waals surface area (Å²) in [6, 6.07) is 18.1. The fourth-order valence-electron chi connectivity index (χ4n) is 3.02. The van der Waals surface area contributed by atoms with Gasteiger partial charge in [0, 0.05) is 0 Å². The van der Waals surface area contributed by atoms with Crippen molar-refractivity contribution in [2.75, 3.05) is 0 Å². The monoisotopic (exact) mass is 466 g/mol. The number of allylic oxidation sites excluding steroid dienone is 4. The van der Waals surface area contributed by atoms with Gasteiger partial charge in [-0.15, -0.1) is 30.4 Å². The molecule has 0 aromatic heterocycles. The first-order valence-electron chi connectivity index (χ1n) is 8.55. The van der Waals surface area contributed by atoms with Crippen molar-refractivity contribution in [3.8, 4) is 11.1 Å². The summed E-state index contributed by atoms with van der Waals surface area (Å²) in [4.78, 5) is 0. The van der Waals surface area contributed by atoms with Crippen LogP contribution in [0.4, 0.5) is 0 Å². The minimum Gasteiger partial charge on any atom is -0.179 e. The van der Waals surface area contributed by atoms with E-state index in [0.29, 0.717) is 5.92 Å². The van der Waals surface area contributed by atoms with Crippen LogP contribution < -0.4 is 0 Å². The number of hydrogen-bond acceptors (Lipinski definition) is 0. The van der Waals surface area contributed by atoms with Gasteiger partial charge in [-0.1, -0.05) is 68.0 Å². The van der Waals surface area contributed by atoms with E-state index in [4.69, 9.17) is 0 Å². The quantitative estimate of drug-likeness (QED) is 0.294. The molecule has 0 saturated heterocycles. The average molecular weight is 467 g/mol. The molecule has 4 heteroatoms. The summed E-state index contributed by atoms with van der Waals surface area (Å²) in [5.41, 5.74) is 6.89. The minimum atomic E-state index is 0. The fourth-order valence-corrected chi connectivity index (χ4v) is 3.02. The van der Waals surface area contributed by atoms with E-state index < -0.39 is 0 Å². The Morgan fingerprint density at radius 1 is 1.00 bits per heavy atom. The van der Waals surface area contributed by atoms with Gasteiger partial charge in [-0.2, -0.15) is 35.9 Å². The molecule has 2 aromatic carbocycles. The molecule has 1 unspecified atom stereocenters. The van der Waals surface area contributed by atoms with Crippen LogP contribution >= 0.6 is 24.8 Å². The maximum absolute atomic E-state index is 3.40. The largest absolute Gasteiger partial charge is 0.179 e. The molecule has 0 nitrogen and oxygen atoms in total. The maximum Gasteiger partial charge on any atom is -0.0253 e. The Bertz CT molecular complexity index is 697. The fraction of sp³-hybridized carbons (Fsp3) is 0.250. The van der Waals surface area contributed by atoms with Crippen molar-refractivity contribution in [1.29, 1.82) is 0 Å². The number of hydrogen-bond donors (Lipinski definition) is 0. The van der Waals surface area contributed by atoms with Gasteiger partial charge in [0.25, 0.3) is 0 Å². The molecule has 0 spiro atoms. The topological polar surface area (TPSA) is 0 Å². The first-order chi connectivity index (χ1) is 11.8. The van der Waals surface area contributed by atoms with Crippen LogP contribution in [0.25, 0.3) is 11.1 Å². The molecule has 2 aliphatic carbocycles. The predicted molar refractivity (Wildman–Crippen MR) is 129 cm³/mol. The second-order valence-corrected chi connectivity index (χ2v) is 5.79. The van der Waals surface area contributed by atoms with Gasteiger partial charge in [-0.05, 0) is 6.42 Å². The van der Waals surface area contributed by atoms with E-state index in [1.54, 1.807) is 0 Å². The van der Waals surface area contributed by atoms with Crippen molar-refractivity contribution in [2.24, 2.45) is 5.92 Å². The Labute approximate surface area is 199 Å². The molecule has 0 radical (unpaired) electrons. The molecule has 4 rings (SSSR count). The third-order valence-electron chi connectivity index (χ3n) is 4.34. The van der Waals surface area contributed by atoms with E-state index in [1.807, 2.05) is 32.9 Å². The molecule has 154 valence electrons. The van der Waals surface area contributed by atoms with Crippen molar-refractivity contribution in [3.63, 3.8) is 0 Å². The molecule has 1 atom stereocenters. The molecule has 0 heterocycles. The zero-order chi connectivity index (χ0) is 17.4. The van der Waals surface area contributed by atoms with Gasteiger partial charge in [0.15, 0.2) is 0 Å².